The fraction of sp³-hybridized carbons (Fsp3) is 0.667. The molecule has 0 aromatic carbocycles. The quantitative estimate of drug-likeness (QED) is 0.698. The predicted molar refractivity (Wildman–Crippen MR) is 47.7 cm³/mol. The van der Waals surface area contributed by atoms with Crippen LogP contribution < -0.4 is 5.73 Å². The lowest BCUT2D eigenvalue weighted by molar-refractivity contribution is 0.676. The van der Waals surface area contributed by atoms with E-state index in [1.54, 1.807) is 0 Å². The predicted octanol–water partition coefficient (Wildman–Crippen LogP) is 1.53. The van der Waals surface area contributed by atoms with E-state index in [-0.39, 0.29) is 0 Å². The normalized spacial score (nSPS) is 18.8. The number of H-pyrrole nitrogens is 1. The van der Waals surface area contributed by atoms with Gasteiger partial charge in [-0.3, -0.25) is 0 Å². The van der Waals surface area contributed by atoms with Gasteiger partial charge in [-0.05, 0) is 12.8 Å². The molecule has 0 radical (unpaired) electrons. The summed E-state index contributed by atoms with van der Waals surface area (Å²) in [4.78, 5) is 7.60. The van der Waals surface area contributed by atoms with Crippen LogP contribution in [-0.4, -0.2) is 9.97 Å². The van der Waals surface area contributed by atoms with Gasteiger partial charge in [-0.25, -0.2) is 4.98 Å². The Bertz CT molecular complexity index is 248. The third kappa shape index (κ3) is 1.37. The van der Waals surface area contributed by atoms with Crippen LogP contribution in [0.3, 0.4) is 0 Å². The van der Waals surface area contributed by atoms with E-state index in [1.807, 2.05) is 6.20 Å². The zero-order valence-corrected chi connectivity index (χ0v) is 7.21. The van der Waals surface area contributed by atoms with Crippen molar-refractivity contribution in [2.24, 2.45) is 5.73 Å². The van der Waals surface area contributed by atoms with E-state index in [0.29, 0.717) is 12.5 Å². The summed E-state index contributed by atoms with van der Waals surface area (Å²) in [6.07, 6.45) is 7.13. The van der Waals surface area contributed by atoms with Crippen molar-refractivity contribution in [3.8, 4) is 0 Å². The fourth-order valence-electron chi connectivity index (χ4n) is 1.89. The molecule has 1 aromatic rings. The van der Waals surface area contributed by atoms with Gasteiger partial charge in [-0.15, -0.1) is 0 Å². The molecule has 0 amide bonds. The van der Waals surface area contributed by atoms with E-state index in [0.717, 1.165) is 11.5 Å². The van der Waals surface area contributed by atoms with Crippen molar-refractivity contribution < 1.29 is 0 Å². The number of nitrogens with two attached hydrogens (primary N) is 1. The number of aromatic amines is 1. The summed E-state index contributed by atoms with van der Waals surface area (Å²) < 4.78 is 0. The molecule has 0 spiro atoms. The maximum atomic E-state index is 5.49. The molecule has 0 aliphatic heterocycles. The first-order valence-electron chi connectivity index (χ1n) is 4.64. The Labute approximate surface area is 72.4 Å². The van der Waals surface area contributed by atoms with Crippen LogP contribution in [0.4, 0.5) is 0 Å². The SMILES string of the molecule is NCc1cnc(C2CCCC2)[nH]1. The minimum Gasteiger partial charge on any atom is -0.345 e. The summed E-state index contributed by atoms with van der Waals surface area (Å²) in [5.74, 6) is 1.82. The zero-order chi connectivity index (χ0) is 8.39. The molecule has 1 saturated carbocycles. The Morgan fingerprint density at radius 1 is 1.50 bits per heavy atom. The third-order valence-corrected chi connectivity index (χ3v) is 2.61. The molecule has 66 valence electrons. The van der Waals surface area contributed by atoms with Gasteiger partial charge >= 0.3 is 0 Å². The molecule has 1 aliphatic rings. The molecule has 1 aromatic heterocycles. The minimum atomic E-state index is 0.569. The van der Waals surface area contributed by atoms with Crippen LogP contribution in [-0.2, 0) is 6.54 Å². The average molecular weight is 165 g/mol. The largest absolute Gasteiger partial charge is 0.345 e. The van der Waals surface area contributed by atoms with Crippen LogP contribution in [0.25, 0.3) is 0 Å². The fourth-order valence-corrected chi connectivity index (χ4v) is 1.89. The summed E-state index contributed by atoms with van der Waals surface area (Å²) in [6, 6.07) is 0. The molecular weight excluding hydrogens is 150 g/mol. The molecule has 1 fully saturated rings. The second-order valence-electron chi connectivity index (χ2n) is 3.48. The summed E-state index contributed by atoms with van der Waals surface area (Å²) >= 11 is 0. The molecule has 1 aliphatic carbocycles. The highest BCUT2D eigenvalue weighted by atomic mass is 14.9. The molecule has 2 rings (SSSR count). The van der Waals surface area contributed by atoms with E-state index >= 15 is 0 Å². The van der Waals surface area contributed by atoms with Crippen molar-refractivity contribution in [2.45, 2.75) is 38.1 Å². The van der Waals surface area contributed by atoms with Gasteiger partial charge in [0.25, 0.3) is 0 Å². The monoisotopic (exact) mass is 165 g/mol. The lowest BCUT2D eigenvalue weighted by atomic mass is 10.1. The first kappa shape index (κ1) is 7.80. The van der Waals surface area contributed by atoms with Gasteiger partial charge in [0.05, 0.1) is 0 Å². The average Bonchev–Trinajstić information content (AvgIpc) is 2.75. The van der Waals surface area contributed by atoms with Crippen LogP contribution in [0.15, 0.2) is 6.20 Å². The molecule has 1 heterocycles. The summed E-state index contributed by atoms with van der Waals surface area (Å²) in [6.45, 7) is 0.569. The van der Waals surface area contributed by atoms with Gasteiger partial charge in [0.15, 0.2) is 0 Å². The molecule has 0 bridgehead atoms. The number of imidazole rings is 1. The number of aromatic nitrogens is 2. The lowest BCUT2D eigenvalue weighted by Gasteiger charge is -2.03. The van der Waals surface area contributed by atoms with Crippen LogP contribution >= 0.6 is 0 Å². The van der Waals surface area contributed by atoms with Gasteiger partial charge in [0.1, 0.15) is 5.82 Å². The highest BCUT2D eigenvalue weighted by Crippen LogP contribution is 2.31. The summed E-state index contributed by atoms with van der Waals surface area (Å²) in [7, 11) is 0. The molecule has 3 heteroatoms. The van der Waals surface area contributed by atoms with Crippen LogP contribution in [0, 0.1) is 0 Å². The topological polar surface area (TPSA) is 54.7 Å². The Balaban J connectivity index is 2.11. The maximum Gasteiger partial charge on any atom is 0.109 e. The van der Waals surface area contributed by atoms with E-state index in [4.69, 9.17) is 5.73 Å². The van der Waals surface area contributed by atoms with Crippen molar-refractivity contribution >= 4 is 0 Å². The molecular formula is C9H15N3. The molecule has 3 nitrogen and oxygen atoms in total. The first-order chi connectivity index (χ1) is 5.90. The molecule has 3 N–H and O–H groups in total. The highest BCUT2D eigenvalue weighted by Gasteiger charge is 2.19. The van der Waals surface area contributed by atoms with Crippen molar-refractivity contribution in [3.05, 3.63) is 17.7 Å². The Morgan fingerprint density at radius 3 is 2.83 bits per heavy atom. The Kier molecular flexibility index (Phi) is 2.13. The number of nitrogens with one attached hydrogen (secondary N) is 1. The van der Waals surface area contributed by atoms with E-state index in [1.165, 1.54) is 25.7 Å². The number of nitrogens with zero attached hydrogens (tertiary/aromatic N) is 1. The molecule has 0 saturated heterocycles. The number of rotatable bonds is 2. The zero-order valence-electron chi connectivity index (χ0n) is 7.21. The second kappa shape index (κ2) is 3.27. The second-order valence-corrected chi connectivity index (χ2v) is 3.48. The summed E-state index contributed by atoms with van der Waals surface area (Å²) in [5, 5.41) is 0. The van der Waals surface area contributed by atoms with Crippen molar-refractivity contribution in [1.82, 2.24) is 9.97 Å². The maximum absolute atomic E-state index is 5.49. The van der Waals surface area contributed by atoms with Gasteiger partial charge in [0.2, 0.25) is 0 Å². The first-order valence-corrected chi connectivity index (χ1v) is 4.64. The van der Waals surface area contributed by atoms with E-state index < -0.39 is 0 Å². The van der Waals surface area contributed by atoms with Crippen LogP contribution in [0.2, 0.25) is 0 Å². The van der Waals surface area contributed by atoms with Crippen molar-refractivity contribution in [1.29, 1.82) is 0 Å². The van der Waals surface area contributed by atoms with Crippen LogP contribution in [0.1, 0.15) is 43.1 Å². The van der Waals surface area contributed by atoms with Gasteiger partial charge in [0, 0.05) is 24.4 Å². The smallest absolute Gasteiger partial charge is 0.109 e. The van der Waals surface area contributed by atoms with Crippen molar-refractivity contribution in [2.75, 3.05) is 0 Å². The molecule has 0 atom stereocenters. The third-order valence-electron chi connectivity index (χ3n) is 2.61. The van der Waals surface area contributed by atoms with E-state index in [9.17, 15) is 0 Å². The molecule has 0 unspecified atom stereocenters. The minimum absolute atomic E-state index is 0.569. The number of hydrogen-bond donors (Lipinski definition) is 2. The molecule has 12 heavy (non-hydrogen) atoms. The summed E-state index contributed by atoms with van der Waals surface area (Å²) in [5.41, 5.74) is 6.54. The Hall–Kier alpha value is -0.830. The van der Waals surface area contributed by atoms with Gasteiger partial charge in [-0.1, -0.05) is 12.8 Å². The van der Waals surface area contributed by atoms with Crippen LogP contribution in [0.5, 0.6) is 0 Å². The standard InChI is InChI=1S/C9H15N3/c10-5-8-6-11-9(12-8)7-3-1-2-4-7/h6-7H,1-5,10H2,(H,11,12). The Morgan fingerprint density at radius 2 is 2.25 bits per heavy atom. The van der Waals surface area contributed by atoms with Crippen molar-refractivity contribution in [3.63, 3.8) is 0 Å². The lowest BCUT2D eigenvalue weighted by Crippen LogP contribution is -1.98. The number of hydrogen-bond acceptors (Lipinski definition) is 2. The highest BCUT2D eigenvalue weighted by molar-refractivity contribution is 5.06. The van der Waals surface area contributed by atoms with Gasteiger partial charge < -0.3 is 10.7 Å². The van der Waals surface area contributed by atoms with E-state index in [2.05, 4.69) is 9.97 Å². The van der Waals surface area contributed by atoms with Gasteiger partial charge in [-0.2, -0.15) is 0 Å².